The van der Waals surface area contributed by atoms with Crippen molar-refractivity contribution in [1.82, 2.24) is 4.57 Å². The van der Waals surface area contributed by atoms with Gasteiger partial charge < -0.3 is 0 Å². The Morgan fingerprint density at radius 2 is 1.86 bits per heavy atom. The summed E-state index contributed by atoms with van der Waals surface area (Å²) in [5, 5.41) is 1.39. The normalized spacial score (nSPS) is 20.5. The Kier molecular flexibility index (Phi) is 3.69. The first kappa shape index (κ1) is 14.6. The molecule has 3 aromatic rings. The van der Waals surface area contributed by atoms with Crippen LogP contribution in [0.1, 0.15) is 12.5 Å². The fraction of sp³-hybridized carbons (Fsp3) is 0.278. The topological polar surface area (TPSA) is 8.81 Å². The zero-order valence-corrected chi connectivity index (χ0v) is 15.5. The smallest absolute Gasteiger partial charge is 0.213 e. The third-order valence-corrected chi connectivity index (χ3v) is 7.43. The number of rotatable bonds is 3. The van der Waals surface area contributed by atoms with Crippen molar-refractivity contribution in [2.75, 3.05) is 10.2 Å². The predicted molar refractivity (Wildman–Crippen MR) is 101 cm³/mol. The van der Waals surface area contributed by atoms with Gasteiger partial charge in [0, 0.05) is 10.2 Å². The number of imidazole rings is 1. The molecule has 1 atom stereocenters. The molecular weight excluding hydrogens is 403 g/mol. The van der Waals surface area contributed by atoms with Crippen LogP contribution >= 0.6 is 34.4 Å². The molecule has 0 radical (unpaired) electrons. The molecule has 0 saturated heterocycles. The molecule has 0 spiro atoms. The molecular formula is C18H18IN2S+. The van der Waals surface area contributed by atoms with Gasteiger partial charge in [0.2, 0.25) is 0 Å². The monoisotopic (exact) mass is 421 g/mol. The van der Waals surface area contributed by atoms with Crippen molar-refractivity contribution in [2.24, 2.45) is 0 Å². The summed E-state index contributed by atoms with van der Waals surface area (Å²) in [4.78, 5) is 0. The molecule has 0 aliphatic carbocycles. The number of aromatic nitrogens is 2. The molecule has 0 amide bonds. The fourth-order valence-corrected chi connectivity index (χ4v) is 5.59. The molecule has 2 aromatic carbocycles. The number of halogens is 1. The molecule has 0 fully saturated rings. The maximum atomic E-state index is 2.56. The van der Waals surface area contributed by atoms with Gasteiger partial charge in [0.15, 0.2) is 11.0 Å². The van der Waals surface area contributed by atoms with E-state index in [1.165, 1.54) is 21.8 Å². The van der Waals surface area contributed by atoms with Gasteiger partial charge in [-0.1, -0.05) is 65.1 Å². The lowest BCUT2D eigenvalue weighted by molar-refractivity contribution is -0.701. The van der Waals surface area contributed by atoms with Crippen molar-refractivity contribution in [1.29, 1.82) is 0 Å². The first-order valence-corrected chi connectivity index (χ1v) is 10.0. The number of fused-ring (bicyclic) bond motifs is 3. The van der Waals surface area contributed by atoms with Crippen LogP contribution < -0.4 is 4.57 Å². The summed E-state index contributed by atoms with van der Waals surface area (Å²) in [6, 6.07) is 19.6. The predicted octanol–water partition coefficient (Wildman–Crippen LogP) is 4.23. The minimum atomic E-state index is 0.210. The summed E-state index contributed by atoms with van der Waals surface area (Å²) in [5.41, 5.74) is 4.26. The second kappa shape index (κ2) is 5.57. The van der Waals surface area contributed by atoms with Gasteiger partial charge in [-0.15, -0.1) is 0 Å². The Morgan fingerprint density at radius 3 is 2.64 bits per heavy atom. The highest BCUT2D eigenvalue weighted by Crippen LogP contribution is 2.40. The van der Waals surface area contributed by atoms with E-state index in [1.807, 2.05) is 11.8 Å². The summed E-state index contributed by atoms with van der Waals surface area (Å²) in [5.74, 6) is 1.16. The summed E-state index contributed by atoms with van der Waals surface area (Å²) in [6.07, 6.45) is 0. The lowest BCUT2D eigenvalue weighted by Gasteiger charge is -2.17. The Morgan fingerprint density at radius 1 is 1.14 bits per heavy atom. The third-order valence-electron chi connectivity index (χ3n) is 4.36. The summed E-state index contributed by atoms with van der Waals surface area (Å²) in [6.45, 7) is 3.32. The molecule has 2 heterocycles. The lowest BCUT2D eigenvalue weighted by Crippen LogP contribution is -2.36. The Hall–Kier alpha value is -1.01. The third kappa shape index (κ3) is 2.19. The van der Waals surface area contributed by atoms with E-state index in [2.05, 4.69) is 93.2 Å². The number of hydrogen-bond donors (Lipinski definition) is 0. The van der Waals surface area contributed by atoms with Gasteiger partial charge in [0.25, 0.3) is 0 Å². The van der Waals surface area contributed by atoms with Gasteiger partial charge >= 0.3 is 5.16 Å². The van der Waals surface area contributed by atoms with Crippen LogP contribution in [0.2, 0.25) is 0 Å². The van der Waals surface area contributed by atoms with Gasteiger partial charge in [0.05, 0.1) is 0 Å². The van der Waals surface area contributed by atoms with Crippen molar-refractivity contribution >= 4 is 45.4 Å². The van der Waals surface area contributed by atoms with Crippen LogP contribution in [0, 0.1) is 0 Å². The summed E-state index contributed by atoms with van der Waals surface area (Å²) in [7, 11) is 0. The average molecular weight is 421 g/mol. The number of benzene rings is 2. The molecule has 4 rings (SSSR count). The summed E-state index contributed by atoms with van der Waals surface area (Å²) >= 11 is 4.52. The number of para-hydroxylation sites is 2. The molecule has 1 aliphatic heterocycles. The van der Waals surface area contributed by atoms with Crippen LogP contribution in [0.5, 0.6) is 0 Å². The lowest BCUT2D eigenvalue weighted by atomic mass is 10.1. The van der Waals surface area contributed by atoms with E-state index < -0.39 is 0 Å². The zero-order chi connectivity index (χ0) is 15.2. The maximum Gasteiger partial charge on any atom is 0.319 e. The molecule has 0 saturated carbocycles. The molecule has 0 unspecified atom stereocenters. The van der Waals surface area contributed by atoms with Crippen LogP contribution in [0.3, 0.4) is 0 Å². The molecule has 22 heavy (non-hydrogen) atoms. The van der Waals surface area contributed by atoms with E-state index in [0.29, 0.717) is 0 Å². The van der Waals surface area contributed by atoms with Crippen LogP contribution in [0.15, 0.2) is 59.8 Å². The summed E-state index contributed by atoms with van der Waals surface area (Å²) < 4.78 is 6.17. The van der Waals surface area contributed by atoms with Crippen LogP contribution in [0.4, 0.5) is 0 Å². The zero-order valence-electron chi connectivity index (χ0n) is 12.5. The van der Waals surface area contributed by atoms with E-state index in [9.17, 15) is 0 Å². The minimum absolute atomic E-state index is 0.210. The molecule has 1 aromatic heterocycles. The van der Waals surface area contributed by atoms with Crippen LogP contribution in [0.25, 0.3) is 11.0 Å². The van der Waals surface area contributed by atoms with E-state index in [0.717, 1.165) is 16.7 Å². The number of alkyl halides is 1. The van der Waals surface area contributed by atoms with Crippen LogP contribution in [-0.2, 0) is 12.1 Å². The molecule has 2 nitrogen and oxygen atoms in total. The quantitative estimate of drug-likeness (QED) is 0.349. The highest BCUT2D eigenvalue weighted by Gasteiger charge is 2.44. The molecule has 4 heteroatoms. The SMILES string of the molecule is C[C@]1(CI)CSc2n1c1ccccc1[n+]2Cc1ccccc1. The minimum Gasteiger partial charge on any atom is -0.213 e. The number of hydrogen-bond acceptors (Lipinski definition) is 1. The van der Waals surface area contributed by atoms with Gasteiger partial charge in [0.1, 0.15) is 12.1 Å². The van der Waals surface area contributed by atoms with E-state index in [-0.39, 0.29) is 5.54 Å². The van der Waals surface area contributed by atoms with E-state index in [1.54, 1.807) is 0 Å². The highest BCUT2D eigenvalue weighted by molar-refractivity contribution is 14.1. The van der Waals surface area contributed by atoms with Gasteiger partial charge in [-0.05, 0) is 36.4 Å². The van der Waals surface area contributed by atoms with Gasteiger partial charge in [-0.25, -0.2) is 9.13 Å². The van der Waals surface area contributed by atoms with E-state index in [4.69, 9.17) is 0 Å². The average Bonchev–Trinajstić information content (AvgIpc) is 3.07. The van der Waals surface area contributed by atoms with Crippen molar-refractivity contribution in [2.45, 2.75) is 24.2 Å². The Bertz CT molecular complexity index is 828. The molecule has 1 aliphatic rings. The van der Waals surface area contributed by atoms with Crippen molar-refractivity contribution < 1.29 is 4.57 Å². The number of thioether (sulfide) groups is 1. The second-order valence-corrected chi connectivity index (χ2v) is 7.80. The molecule has 0 N–H and O–H groups in total. The van der Waals surface area contributed by atoms with Crippen LogP contribution in [-0.4, -0.2) is 14.7 Å². The maximum absolute atomic E-state index is 2.56. The van der Waals surface area contributed by atoms with E-state index >= 15 is 0 Å². The van der Waals surface area contributed by atoms with Crippen molar-refractivity contribution in [3.63, 3.8) is 0 Å². The Labute approximate surface area is 148 Å². The molecule has 112 valence electrons. The first-order valence-electron chi connectivity index (χ1n) is 7.49. The molecule has 0 bridgehead atoms. The largest absolute Gasteiger partial charge is 0.319 e. The highest BCUT2D eigenvalue weighted by atomic mass is 127. The second-order valence-electron chi connectivity index (χ2n) is 6.10. The van der Waals surface area contributed by atoms with Gasteiger partial charge in [-0.3, -0.25) is 0 Å². The first-order chi connectivity index (χ1) is 10.7. The van der Waals surface area contributed by atoms with Gasteiger partial charge in [-0.2, -0.15) is 0 Å². The van der Waals surface area contributed by atoms with Crippen molar-refractivity contribution in [3.05, 3.63) is 60.2 Å². The van der Waals surface area contributed by atoms with Crippen molar-refractivity contribution in [3.8, 4) is 0 Å². The fourth-order valence-electron chi connectivity index (χ4n) is 3.17. The standard InChI is InChI=1S/C18H18IN2S/c1-18(12-19)13-22-17-20(11-14-7-3-2-4-8-14)15-9-5-6-10-16(15)21(17)18/h2-10H,11-13H2,1H3/q+1/t18-/m0/s1. The number of nitrogens with zero attached hydrogens (tertiary/aromatic N) is 2. The Balaban J connectivity index is 1.93.